The molecule has 0 radical (unpaired) electrons. The average molecular weight is 499 g/mol. The second kappa shape index (κ2) is 10.3. The summed E-state index contributed by atoms with van der Waals surface area (Å²) in [5.41, 5.74) is 5.21. The lowest BCUT2D eigenvalue weighted by Crippen LogP contribution is -2.14. The van der Waals surface area contributed by atoms with Crippen LogP contribution >= 0.6 is 11.3 Å². The molecule has 0 aliphatic carbocycles. The van der Waals surface area contributed by atoms with E-state index in [1.807, 2.05) is 48.7 Å². The molecule has 180 valence electrons. The number of hydrogen-bond donors (Lipinski definition) is 1. The lowest BCUT2D eigenvalue weighted by molar-refractivity contribution is 0.741. The van der Waals surface area contributed by atoms with Crippen LogP contribution in [0.1, 0.15) is 34.7 Å². The van der Waals surface area contributed by atoms with Crippen molar-refractivity contribution in [3.05, 3.63) is 137 Å². The van der Waals surface area contributed by atoms with Gasteiger partial charge in [0.05, 0.1) is 22.8 Å². The molecule has 1 aromatic heterocycles. The number of aliphatic imine (C=N–C) groups is 2. The average Bonchev–Trinajstić information content (AvgIpc) is 3.41. The molecular weight excluding hydrogens is 472 g/mol. The molecule has 4 aromatic carbocycles. The lowest BCUT2D eigenvalue weighted by atomic mass is 10.0. The summed E-state index contributed by atoms with van der Waals surface area (Å²) in [5, 5.41) is 6.85. The molecule has 4 nitrogen and oxygen atoms in total. The van der Waals surface area contributed by atoms with Gasteiger partial charge in [-0.1, -0.05) is 91.0 Å². The van der Waals surface area contributed by atoms with Gasteiger partial charge in [0.25, 0.3) is 0 Å². The van der Waals surface area contributed by atoms with Gasteiger partial charge in [0.1, 0.15) is 5.01 Å². The van der Waals surface area contributed by atoms with Crippen molar-refractivity contribution in [1.82, 2.24) is 10.3 Å². The molecule has 2 heterocycles. The molecule has 5 heteroatoms. The van der Waals surface area contributed by atoms with Crippen molar-refractivity contribution in [3.8, 4) is 0 Å². The molecule has 6 rings (SSSR count). The number of amidine groups is 1. The topological polar surface area (TPSA) is 49.6 Å². The Morgan fingerprint density at radius 1 is 0.892 bits per heavy atom. The number of aromatic nitrogens is 1. The maximum absolute atomic E-state index is 5.03. The van der Waals surface area contributed by atoms with E-state index in [-0.39, 0.29) is 6.04 Å². The number of rotatable bonds is 5. The first-order chi connectivity index (χ1) is 18.2. The normalized spacial score (nSPS) is 15.9. The Hall–Kier alpha value is -4.35. The number of nitrogens with zero attached hydrogens (tertiary/aromatic N) is 3. The van der Waals surface area contributed by atoms with Crippen molar-refractivity contribution >= 4 is 43.9 Å². The minimum atomic E-state index is 0.109. The Kier molecular flexibility index (Phi) is 6.44. The largest absolute Gasteiger partial charge is 0.379 e. The zero-order valence-electron chi connectivity index (χ0n) is 20.5. The summed E-state index contributed by atoms with van der Waals surface area (Å²) in [6.45, 7) is 2.64. The molecule has 1 aliphatic heterocycles. The van der Waals surface area contributed by atoms with Crippen molar-refractivity contribution in [3.63, 3.8) is 0 Å². The van der Waals surface area contributed by atoms with E-state index in [4.69, 9.17) is 15.0 Å². The van der Waals surface area contributed by atoms with Crippen molar-refractivity contribution < 1.29 is 0 Å². The van der Waals surface area contributed by atoms with E-state index in [0.717, 1.165) is 38.8 Å². The van der Waals surface area contributed by atoms with Gasteiger partial charge >= 0.3 is 0 Å². The maximum Gasteiger partial charge on any atom is 0.155 e. The molecule has 37 heavy (non-hydrogen) atoms. The van der Waals surface area contributed by atoms with Gasteiger partial charge in [-0.2, -0.15) is 0 Å². The highest BCUT2D eigenvalue weighted by molar-refractivity contribution is 7.19. The molecule has 0 fully saturated rings. The lowest BCUT2D eigenvalue weighted by Gasteiger charge is -2.11. The Balaban J connectivity index is 1.39. The van der Waals surface area contributed by atoms with Gasteiger partial charge in [-0.3, -0.25) is 4.99 Å². The Morgan fingerprint density at radius 3 is 2.46 bits per heavy atom. The molecule has 0 saturated carbocycles. The van der Waals surface area contributed by atoms with Crippen molar-refractivity contribution in [1.29, 1.82) is 0 Å². The van der Waals surface area contributed by atoms with Gasteiger partial charge in [-0.05, 0) is 47.8 Å². The van der Waals surface area contributed by atoms with Crippen LogP contribution in [0.15, 0.2) is 125 Å². The smallest absolute Gasteiger partial charge is 0.155 e. The summed E-state index contributed by atoms with van der Waals surface area (Å²) in [4.78, 5) is 14.8. The van der Waals surface area contributed by atoms with Crippen LogP contribution in [0.2, 0.25) is 0 Å². The first kappa shape index (κ1) is 23.1. The summed E-state index contributed by atoms with van der Waals surface area (Å²) in [7, 11) is 0. The monoisotopic (exact) mass is 498 g/mol. The quantitative estimate of drug-likeness (QED) is 0.200. The Bertz CT molecular complexity index is 1680. The fourth-order valence-corrected chi connectivity index (χ4v) is 5.56. The van der Waals surface area contributed by atoms with Crippen LogP contribution < -0.4 is 5.32 Å². The van der Waals surface area contributed by atoms with Crippen LogP contribution in [0.3, 0.4) is 0 Å². The van der Waals surface area contributed by atoms with Gasteiger partial charge in [0, 0.05) is 16.7 Å². The predicted molar refractivity (Wildman–Crippen MR) is 157 cm³/mol. The van der Waals surface area contributed by atoms with Gasteiger partial charge in [0.2, 0.25) is 0 Å². The highest BCUT2D eigenvalue weighted by atomic mass is 32.1. The molecule has 1 N–H and O–H groups in total. The van der Waals surface area contributed by atoms with Crippen LogP contribution in [0.25, 0.3) is 21.0 Å². The minimum Gasteiger partial charge on any atom is -0.379 e. The molecule has 0 amide bonds. The van der Waals surface area contributed by atoms with Gasteiger partial charge in [-0.15, -0.1) is 11.3 Å². The zero-order valence-corrected chi connectivity index (χ0v) is 21.3. The molecule has 0 spiro atoms. The number of benzene rings is 4. The maximum atomic E-state index is 5.03. The SMILES string of the molecule is CC(=NC(=NCc1ccccc1)c1ccccc1)c1ccc2ccc3nc(C4C=CC=CN4)sc3c2c1. The van der Waals surface area contributed by atoms with E-state index < -0.39 is 0 Å². The van der Waals surface area contributed by atoms with E-state index in [2.05, 4.69) is 79.0 Å². The Labute approximate surface area is 220 Å². The fraction of sp³-hybridized carbons (Fsp3) is 0.0938. The molecule has 1 aliphatic rings. The summed E-state index contributed by atoms with van der Waals surface area (Å²) >= 11 is 1.75. The molecule has 0 bridgehead atoms. The second-order valence-electron chi connectivity index (χ2n) is 8.98. The fourth-order valence-electron chi connectivity index (χ4n) is 4.43. The molecule has 5 aromatic rings. The number of fused-ring (bicyclic) bond motifs is 3. The summed E-state index contributed by atoms with van der Waals surface area (Å²) < 4.78 is 1.20. The summed E-state index contributed by atoms with van der Waals surface area (Å²) in [6.07, 6.45) is 8.17. The number of allylic oxidation sites excluding steroid dienone is 2. The van der Waals surface area contributed by atoms with E-state index in [9.17, 15) is 0 Å². The number of thiazole rings is 1. The predicted octanol–water partition coefficient (Wildman–Crippen LogP) is 7.62. The second-order valence-corrected chi connectivity index (χ2v) is 10.0. The minimum absolute atomic E-state index is 0.109. The molecule has 1 atom stereocenters. The van der Waals surface area contributed by atoms with Gasteiger partial charge in [0.15, 0.2) is 5.84 Å². The zero-order chi connectivity index (χ0) is 25.0. The van der Waals surface area contributed by atoms with Crippen molar-refractivity contribution in [2.24, 2.45) is 9.98 Å². The number of dihydropyridines is 1. The third kappa shape index (κ3) is 4.99. The van der Waals surface area contributed by atoms with Crippen LogP contribution in [0.4, 0.5) is 0 Å². The standard InChI is InChI=1S/C32H26N4S/c1-22(35-31(25-12-6-3-7-13-25)34-21-23-10-4-2-5-11-23)26-16-15-24-17-18-28-30(27(24)20-26)37-32(36-28)29-14-8-9-19-33-29/h2-20,29,33H,21H2,1H3. The summed E-state index contributed by atoms with van der Waals surface area (Å²) in [5.74, 6) is 0.739. The van der Waals surface area contributed by atoms with E-state index in [1.54, 1.807) is 11.3 Å². The molecule has 1 unspecified atom stereocenters. The first-order valence-corrected chi connectivity index (χ1v) is 13.2. The van der Waals surface area contributed by atoms with Gasteiger partial charge in [-0.25, -0.2) is 9.98 Å². The molecular formula is C32H26N4S. The van der Waals surface area contributed by atoms with Crippen molar-refractivity contribution in [2.75, 3.05) is 0 Å². The van der Waals surface area contributed by atoms with Crippen LogP contribution in [0.5, 0.6) is 0 Å². The van der Waals surface area contributed by atoms with Crippen molar-refractivity contribution in [2.45, 2.75) is 19.5 Å². The number of nitrogens with one attached hydrogen (secondary N) is 1. The van der Waals surface area contributed by atoms with E-state index in [0.29, 0.717) is 6.54 Å². The van der Waals surface area contributed by atoms with Crippen LogP contribution in [0, 0.1) is 0 Å². The van der Waals surface area contributed by atoms with Crippen LogP contribution in [-0.4, -0.2) is 16.5 Å². The number of hydrogen-bond acceptors (Lipinski definition) is 4. The third-order valence-corrected chi connectivity index (χ3v) is 7.61. The van der Waals surface area contributed by atoms with E-state index in [1.165, 1.54) is 15.5 Å². The Morgan fingerprint density at radius 2 is 1.68 bits per heavy atom. The first-order valence-electron chi connectivity index (χ1n) is 12.4. The van der Waals surface area contributed by atoms with Crippen LogP contribution in [-0.2, 0) is 6.54 Å². The third-order valence-electron chi connectivity index (χ3n) is 6.42. The molecule has 0 saturated heterocycles. The highest BCUT2D eigenvalue weighted by Gasteiger charge is 2.15. The summed E-state index contributed by atoms with van der Waals surface area (Å²) in [6, 6.07) is 31.4. The van der Waals surface area contributed by atoms with Gasteiger partial charge < -0.3 is 5.32 Å². The highest BCUT2D eigenvalue weighted by Crippen LogP contribution is 2.34. The van der Waals surface area contributed by atoms with E-state index >= 15 is 0 Å².